The molecule has 0 unspecified atom stereocenters. The number of aromatic nitrogens is 4. The highest BCUT2D eigenvalue weighted by Crippen LogP contribution is 2.31. The minimum Gasteiger partial charge on any atom is -0.368 e. The quantitative estimate of drug-likeness (QED) is 0.385. The topological polar surface area (TPSA) is 133 Å². The van der Waals surface area contributed by atoms with Crippen molar-refractivity contribution in [3.05, 3.63) is 40.1 Å². The number of halogens is 6. The van der Waals surface area contributed by atoms with Gasteiger partial charge in [0.05, 0.1) is 29.6 Å². The summed E-state index contributed by atoms with van der Waals surface area (Å²) in [7, 11) is -4.81. The zero-order valence-corrected chi connectivity index (χ0v) is 18.2. The van der Waals surface area contributed by atoms with Gasteiger partial charge in [0.15, 0.2) is 17.3 Å². The Morgan fingerprint density at radius 3 is 2.38 bits per heavy atom. The molecule has 1 aromatic carbocycles. The zero-order chi connectivity index (χ0) is 25.6. The first kappa shape index (κ1) is 25.2. The van der Waals surface area contributed by atoms with Crippen molar-refractivity contribution in [1.29, 1.82) is 0 Å². The second-order valence-corrected chi connectivity index (χ2v) is 9.20. The molecule has 3 aromatic rings. The highest BCUT2D eigenvalue weighted by Gasteiger charge is 2.31. The summed E-state index contributed by atoms with van der Waals surface area (Å²) >= 11 is 0. The SMILES string of the molecule is CC(C)n1c(=O)c(-c2c(F)cc(NS(=O)(=O)CCC(F)(F)F)c(F)c2F)nc2cnc(N)nc21. The zero-order valence-electron chi connectivity index (χ0n) is 17.4. The minimum atomic E-state index is -4.83. The number of hydrogen-bond donors (Lipinski definition) is 2. The maximum absolute atomic E-state index is 14.9. The first-order chi connectivity index (χ1) is 15.6. The minimum absolute atomic E-state index is 0.0495. The smallest absolute Gasteiger partial charge is 0.368 e. The number of sulfonamides is 1. The van der Waals surface area contributed by atoms with Crippen molar-refractivity contribution in [3.8, 4) is 11.3 Å². The van der Waals surface area contributed by atoms with Crippen LogP contribution in [0.2, 0.25) is 0 Å². The van der Waals surface area contributed by atoms with Crippen molar-refractivity contribution >= 4 is 32.8 Å². The van der Waals surface area contributed by atoms with Crippen molar-refractivity contribution in [2.75, 3.05) is 16.2 Å². The number of nitrogens with two attached hydrogens (primary N) is 1. The Morgan fingerprint density at radius 2 is 1.79 bits per heavy atom. The fraction of sp³-hybridized carbons (Fsp3) is 0.333. The van der Waals surface area contributed by atoms with Gasteiger partial charge in [0.2, 0.25) is 16.0 Å². The van der Waals surface area contributed by atoms with E-state index in [-0.39, 0.29) is 23.2 Å². The van der Waals surface area contributed by atoms with Crippen molar-refractivity contribution in [2.24, 2.45) is 0 Å². The fourth-order valence-electron chi connectivity index (χ4n) is 3.01. The number of hydrogen-bond acceptors (Lipinski definition) is 7. The summed E-state index contributed by atoms with van der Waals surface area (Å²) < 4.78 is 107. The lowest BCUT2D eigenvalue weighted by Crippen LogP contribution is -2.27. The lowest BCUT2D eigenvalue weighted by atomic mass is 10.1. The van der Waals surface area contributed by atoms with Gasteiger partial charge >= 0.3 is 6.18 Å². The van der Waals surface area contributed by atoms with Crippen molar-refractivity contribution in [3.63, 3.8) is 0 Å². The highest BCUT2D eigenvalue weighted by atomic mass is 32.2. The maximum Gasteiger partial charge on any atom is 0.390 e. The van der Waals surface area contributed by atoms with Crippen LogP contribution in [-0.2, 0) is 10.0 Å². The van der Waals surface area contributed by atoms with Gasteiger partial charge in [-0.1, -0.05) is 0 Å². The van der Waals surface area contributed by atoms with Crippen LogP contribution in [0, 0.1) is 17.5 Å². The molecule has 0 atom stereocenters. The molecule has 0 aliphatic rings. The van der Waals surface area contributed by atoms with E-state index in [9.17, 15) is 39.6 Å². The number of nitrogen functional groups attached to an aromatic ring is 1. The molecule has 2 heterocycles. The van der Waals surface area contributed by atoms with Crippen molar-refractivity contribution in [2.45, 2.75) is 32.5 Å². The summed E-state index contributed by atoms with van der Waals surface area (Å²) in [6.07, 6.45) is -5.52. The van der Waals surface area contributed by atoms with Crippen molar-refractivity contribution < 1.29 is 34.8 Å². The third-order valence-corrected chi connectivity index (χ3v) is 5.75. The van der Waals surface area contributed by atoms with Gasteiger partial charge < -0.3 is 5.73 Å². The number of benzene rings is 1. The molecule has 3 rings (SSSR count). The molecule has 34 heavy (non-hydrogen) atoms. The van der Waals surface area contributed by atoms with Gasteiger partial charge in [-0.3, -0.25) is 14.1 Å². The standard InChI is InChI=1S/C18H16F6N6O3S/c1-7(2)30-15-10(6-26-17(25)28-15)27-14(16(30)31)11-8(19)5-9(12(20)13(11)21)29-34(32,33)4-3-18(22,23)24/h5-7,29H,3-4H2,1-2H3,(H2,25,26,28). The molecule has 0 fully saturated rings. The monoisotopic (exact) mass is 510 g/mol. The Balaban J connectivity index is 2.16. The summed E-state index contributed by atoms with van der Waals surface area (Å²) in [6.45, 7) is 3.10. The Kier molecular flexibility index (Phi) is 6.47. The molecule has 3 N–H and O–H groups in total. The summed E-state index contributed by atoms with van der Waals surface area (Å²) in [5.41, 5.74) is 0.952. The van der Waals surface area contributed by atoms with E-state index >= 15 is 0 Å². The predicted molar refractivity (Wildman–Crippen MR) is 110 cm³/mol. The summed E-state index contributed by atoms with van der Waals surface area (Å²) in [4.78, 5) is 24.4. The number of alkyl halides is 3. The Hall–Kier alpha value is -3.43. The van der Waals surface area contributed by atoms with Crippen LogP contribution < -0.4 is 16.0 Å². The van der Waals surface area contributed by atoms with Crippen LogP contribution in [0.3, 0.4) is 0 Å². The lowest BCUT2D eigenvalue weighted by molar-refractivity contribution is -0.129. The normalized spacial score (nSPS) is 12.5. The third-order valence-electron chi connectivity index (χ3n) is 4.48. The number of nitrogens with one attached hydrogen (secondary N) is 1. The predicted octanol–water partition coefficient (Wildman–Crippen LogP) is 3.13. The molecule has 16 heteroatoms. The van der Waals surface area contributed by atoms with E-state index in [1.807, 2.05) is 0 Å². The van der Waals surface area contributed by atoms with E-state index in [2.05, 4.69) is 15.0 Å². The molecular weight excluding hydrogens is 494 g/mol. The van der Waals surface area contributed by atoms with Crippen LogP contribution in [0.1, 0.15) is 26.3 Å². The molecule has 0 aliphatic carbocycles. The van der Waals surface area contributed by atoms with E-state index in [1.54, 1.807) is 13.8 Å². The van der Waals surface area contributed by atoms with E-state index < -0.39 is 74.4 Å². The number of nitrogens with zero attached hydrogens (tertiary/aromatic N) is 4. The van der Waals surface area contributed by atoms with Crippen LogP contribution >= 0.6 is 0 Å². The Labute approximate surface area is 187 Å². The van der Waals surface area contributed by atoms with Crippen LogP contribution in [0.4, 0.5) is 38.0 Å². The second kappa shape index (κ2) is 8.73. The van der Waals surface area contributed by atoms with Gasteiger partial charge in [0.25, 0.3) is 5.56 Å². The summed E-state index contributed by atoms with van der Waals surface area (Å²) in [5.74, 6) is -7.23. The van der Waals surface area contributed by atoms with Crippen LogP contribution in [0.5, 0.6) is 0 Å². The second-order valence-electron chi connectivity index (χ2n) is 7.36. The highest BCUT2D eigenvalue weighted by molar-refractivity contribution is 7.92. The summed E-state index contributed by atoms with van der Waals surface area (Å²) in [5, 5.41) is 0. The van der Waals surface area contributed by atoms with Gasteiger partial charge in [-0.15, -0.1) is 0 Å². The van der Waals surface area contributed by atoms with Gasteiger partial charge in [0.1, 0.15) is 17.0 Å². The van der Waals surface area contributed by atoms with Gasteiger partial charge in [0, 0.05) is 12.1 Å². The average molecular weight is 510 g/mol. The third kappa shape index (κ3) is 5.05. The molecule has 0 spiro atoms. The molecule has 0 saturated heterocycles. The number of anilines is 2. The molecule has 0 amide bonds. The van der Waals surface area contributed by atoms with E-state index in [1.165, 1.54) is 4.72 Å². The Morgan fingerprint density at radius 1 is 1.15 bits per heavy atom. The molecule has 0 bridgehead atoms. The first-order valence-electron chi connectivity index (χ1n) is 9.41. The van der Waals surface area contributed by atoms with Gasteiger partial charge in [-0.05, 0) is 13.8 Å². The van der Waals surface area contributed by atoms with E-state index in [0.29, 0.717) is 0 Å². The molecule has 0 aliphatic heterocycles. The summed E-state index contributed by atoms with van der Waals surface area (Å²) in [6, 6.07) is -0.412. The van der Waals surface area contributed by atoms with Gasteiger partial charge in [-0.25, -0.2) is 31.6 Å². The van der Waals surface area contributed by atoms with E-state index in [0.717, 1.165) is 10.8 Å². The van der Waals surface area contributed by atoms with Crippen LogP contribution in [0.15, 0.2) is 17.1 Å². The molecule has 0 saturated carbocycles. The first-order valence-corrected chi connectivity index (χ1v) is 11.1. The van der Waals surface area contributed by atoms with Crippen LogP contribution in [-0.4, -0.2) is 39.9 Å². The van der Waals surface area contributed by atoms with E-state index in [4.69, 9.17) is 5.73 Å². The molecule has 9 nitrogen and oxygen atoms in total. The lowest BCUT2D eigenvalue weighted by Gasteiger charge is -2.16. The van der Waals surface area contributed by atoms with Crippen LogP contribution in [0.25, 0.3) is 22.4 Å². The maximum atomic E-state index is 14.9. The average Bonchev–Trinajstić information content (AvgIpc) is 2.70. The Bertz CT molecular complexity index is 1440. The number of fused-ring (bicyclic) bond motifs is 1. The molecule has 184 valence electrons. The van der Waals surface area contributed by atoms with Crippen molar-refractivity contribution in [1.82, 2.24) is 19.5 Å². The fourth-order valence-corrected chi connectivity index (χ4v) is 4.10. The van der Waals surface area contributed by atoms with Gasteiger partial charge in [-0.2, -0.15) is 18.2 Å². The largest absolute Gasteiger partial charge is 0.390 e. The molecule has 0 radical (unpaired) electrons. The number of rotatable bonds is 6. The molecule has 2 aromatic heterocycles. The molecular formula is C18H16F6N6O3S.